The SMILES string of the molecule is Nc1ncccc1C(=O)c1cccc(NCC(O)CO)n1. The molecule has 110 valence electrons. The highest BCUT2D eigenvalue weighted by atomic mass is 16.3. The first-order chi connectivity index (χ1) is 10.1. The molecule has 2 heterocycles. The normalized spacial score (nSPS) is 11.9. The maximum atomic E-state index is 12.3. The number of carbonyl (C=O) groups excluding carboxylic acids is 1. The molecule has 0 spiro atoms. The van der Waals surface area contributed by atoms with Crippen LogP contribution >= 0.6 is 0 Å². The molecule has 0 aliphatic rings. The third-order valence-corrected chi connectivity index (χ3v) is 2.79. The molecule has 0 radical (unpaired) electrons. The number of pyridine rings is 2. The molecular formula is C14H16N4O3. The van der Waals surface area contributed by atoms with Gasteiger partial charge in [0.1, 0.15) is 17.3 Å². The molecule has 0 fully saturated rings. The van der Waals surface area contributed by atoms with Gasteiger partial charge in [0, 0.05) is 12.7 Å². The molecule has 5 N–H and O–H groups in total. The van der Waals surface area contributed by atoms with Crippen LogP contribution in [0.5, 0.6) is 0 Å². The highest BCUT2D eigenvalue weighted by Crippen LogP contribution is 2.14. The highest BCUT2D eigenvalue weighted by molar-refractivity contribution is 6.10. The minimum Gasteiger partial charge on any atom is -0.394 e. The molecule has 0 aromatic carbocycles. The summed E-state index contributed by atoms with van der Waals surface area (Å²) in [5.41, 5.74) is 6.19. The van der Waals surface area contributed by atoms with Crippen molar-refractivity contribution < 1.29 is 15.0 Å². The van der Waals surface area contributed by atoms with E-state index >= 15 is 0 Å². The van der Waals surface area contributed by atoms with Crippen LogP contribution in [0.3, 0.4) is 0 Å². The van der Waals surface area contributed by atoms with Gasteiger partial charge >= 0.3 is 0 Å². The summed E-state index contributed by atoms with van der Waals surface area (Å²) >= 11 is 0. The Balaban J connectivity index is 2.17. The molecule has 21 heavy (non-hydrogen) atoms. The van der Waals surface area contributed by atoms with Crippen LogP contribution in [0.4, 0.5) is 11.6 Å². The number of aliphatic hydroxyl groups is 2. The van der Waals surface area contributed by atoms with Crippen molar-refractivity contribution in [2.24, 2.45) is 0 Å². The van der Waals surface area contributed by atoms with E-state index in [-0.39, 0.29) is 36.0 Å². The molecule has 2 aromatic rings. The predicted octanol–water partition coefficient (Wildman–Crippen LogP) is 0.0549. The minimum atomic E-state index is -0.889. The van der Waals surface area contributed by atoms with Gasteiger partial charge in [0.05, 0.1) is 18.3 Å². The molecule has 1 atom stereocenters. The van der Waals surface area contributed by atoms with Gasteiger partial charge in [0.2, 0.25) is 5.78 Å². The molecule has 0 amide bonds. The van der Waals surface area contributed by atoms with Crippen LogP contribution in [0.2, 0.25) is 0 Å². The van der Waals surface area contributed by atoms with Gasteiger partial charge in [-0.1, -0.05) is 6.07 Å². The number of nitrogens with zero attached hydrogens (tertiary/aromatic N) is 2. The lowest BCUT2D eigenvalue weighted by atomic mass is 10.1. The van der Waals surface area contributed by atoms with Crippen molar-refractivity contribution in [3.8, 4) is 0 Å². The van der Waals surface area contributed by atoms with Crippen LogP contribution < -0.4 is 11.1 Å². The summed E-state index contributed by atoms with van der Waals surface area (Å²) < 4.78 is 0. The number of nitrogen functional groups attached to an aromatic ring is 1. The zero-order valence-electron chi connectivity index (χ0n) is 11.2. The summed E-state index contributed by atoms with van der Waals surface area (Å²) in [4.78, 5) is 20.3. The van der Waals surface area contributed by atoms with Gasteiger partial charge in [0.25, 0.3) is 0 Å². The second kappa shape index (κ2) is 6.78. The Labute approximate surface area is 121 Å². The zero-order valence-corrected chi connectivity index (χ0v) is 11.2. The lowest BCUT2D eigenvalue weighted by Crippen LogP contribution is -2.23. The fourth-order valence-corrected chi connectivity index (χ4v) is 1.69. The standard InChI is InChI=1S/C14H16N4O3/c15-14-10(3-2-6-16-14)13(21)11-4-1-5-12(18-11)17-7-9(20)8-19/h1-6,9,19-20H,7-8H2,(H2,15,16)(H,17,18). The van der Waals surface area contributed by atoms with Gasteiger partial charge in [-0.15, -0.1) is 0 Å². The number of hydrogen-bond donors (Lipinski definition) is 4. The molecule has 0 saturated heterocycles. The predicted molar refractivity (Wildman–Crippen MR) is 77.9 cm³/mol. The number of anilines is 2. The molecule has 2 rings (SSSR count). The van der Waals surface area contributed by atoms with Crippen molar-refractivity contribution in [1.29, 1.82) is 0 Å². The monoisotopic (exact) mass is 288 g/mol. The Morgan fingerprint density at radius 1 is 1.33 bits per heavy atom. The van der Waals surface area contributed by atoms with Crippen molar-refractivity contribution in [1.82, 2.24) is 9.97 Å². The summed E-state index contributed by atoms with van der Waals surface area (Å²) in [5, 5.41) is 20.9. The molecule has 2 aromatic heterocycles. The van der Waals surface area contributed by atoms with Gasteiger partial charge in [0.15, 0.2) is 0 Å². The molecule has 7 heteroatoms. The second-order valence-electron chi connectivity index (χ2n) is 4.39. The fraction of sp³-hybridized carbons (Fsp3) is 0.214. The Kier molecular flexibility index (Phi) is 4.81. The molecule has 0 saturated carbocycles. The number of aliphatic hydroxyl groups excluding tert-OH is 2. The number of ketones is 1. The van der Waals surface area contributed by atoms with E-state index in [2.05, 4.69) is 15.3 Å². The average Bonchev–Trinajstić information content (AvgIpc) is 2.52. The van der Waals surface area contributed by atoms with Crippen molar-refractivity contribution in [2.45, 2.75) is 6.10 Å². The first kappa shape index (κ1) is 14.9. The van der Waals surface area contributed by atoms with Crippen LogP contribution in [-0.4, -0.2) is 45.2 Å². The van der Waals surface area contributed by atoms with E-state index in [0.29, 0.717) is 5.82 Å². The zero-order chi connectivity index (χ0) is 15.2. The van der Waals surface area contributed by atoms with Crippen LogP contribution in [0.1, 0.15) is 16.1 Å². The van der Waals surface area contributed by atoms with E-state index < -0.39 is 6.10 Å². The third-order valence-electron chi connectivity index (χ3n) is 2.79. The third kappa shape index (κ3) is 3.74. The van der Waals surface area contributed by atoms with Gasteiger partial charge in [-0.25, -0.2) is 9.97 Å². The Hall–Kier alpha value is -2.51. The minimum absolute atomic E-state index is 0.135. The van der Waals surface area contributed by atoms with E-state index in [1.807, 2.05) is 0 Å². The van der Waals surface area contributed by atoms with Crippen LogP contribution in [-0.2, 0) is 0 Å². The summed E-state index contributed by atoms with van der Waals surface area (Å²) in [6.45, 7) is -0.214. The lowest BCUT2D eigenvalue weighted by Gasteiger charge is -2.10. The Bertz CT molecular complexity index is 633. The Morgan fingerprint density at radius 3 is 2.86 bits per heavy atom. The molecule has 1 unspecified atom stereocenters. The van der Waals surface area contributed by atoms with E-state index in [9.17, 15) is 9.90 Å². The van der Waals surface area contributed by atoms with Gasteiger partial charge < -0.3 is 21.3 Å². The van der Waals surface area contributed by atoms with Gasteiger partial charge in [-0.3, -0.25) is 4.79 Å². The quantitative estimate of drug-likeness (QED) is 0.554. The van der Waals surface area contributed by atoms with E-state index in [1.54, 1.807) is 30.3 Å². The van der Waals surface area contributed by atoms with E-state index in [0.717, 1.165) is 0 Å². The maximum Gasteiger partial charge on any atom is 0.215 e. The van der Waals surface area contributed by atoms with E-state index in [1.165, 1.54) is 6.20 Å². The summed E-state index contributed by atoms with van der Waals surface area (Å²) in [6.07, 6.45) is 0.619. The average molecular weight is 288 g/mol. The number of aromatic nitrogens is 2. The molecule has 7 nitrogen and oxygen atoms in total. The molecule has 0 aliphatic carbocycles. The highest BCUT2D eigenvalue weighted by Gasteiger charge is 2.14. The number of hydrogen-bond acceptors (Lipinski definition) is 7. The number of nitrogens with two attached hydrogens (primary N) is 1. The molecular weight excluding hydrogens is 272 g/mol. The van der Waals surface area contributed by atoms with Crippen LogP contribution in [0, 0.1) is 0 Å². The lowest BCUT2D eigenvalue weighted by molar-refractivity contribution is 0.103. The number of carbonyl (C=O) groups is 1. The Morgan fingerprint density at radius 2 is 2.14 bits per heavy atom. The number of nitrogens with one attached hydrogen (secondary N) is 1. The van der Waals surface area contributed by atoms with Gasteiger partial charge in [-0.2, -0.15) is 0 Å². The summed E-state index contributed by atoms with van der Waals surface area (Å²) in [7, 11) is 0. The van der Waals surface area contributed by atoms with Crippen molar-refractivity contribution in [2.75, 3.05) is 24.2 Å². The van der Waals surface area contributed by atoms with Crippen molar-refractivity contribution in [3.05, 3.63) is 47.8 Å². The van der Waals surface area contributed by atoms with Crippen LogP contribution in [0.15, 0.2) is 36.5 Å². The molecule has 0 aliphatic heterocycles. The summed E-state index contributed by atoms with van der Waals surface area (Å²) in [5.74, 6) is 0.251. The summed E-state index contributed by atoms with van der Waals surface area (Å²) in [6, 6.07) is 8.11. The maximum absolute atomic E-state index is 12.3. The van der Waals surface area contributed by atoms with Crippen LogP contribution in [0.25, 0.3) is 0 Å². The van der Waals surface area contributed by atoms with E-state index in [4.69, 9.17) is 10.8 Å². The van der Waals surface area contributed by atoms with Gasteiger partial charge in [-0.05, 0) is 24.3 Å². The fourth-order valence-electron chi connectivity index (χ4n) is 1.69. The topological polar surface area (TPSA) is 121 Å². The van der Waals surface area contributed by atoms with Crippen molar-refractivity contribution in [3.63, 3.8) is 0 Å². The second-order valence-corrected chi connectivity index (χ2v) is 4.39. The largest absolute Gasteiger partial charge is 0.394 e. The molecule has 0 bridgehead atoms. The first-order valence-electron chi connectivity index (χ1n) is 6.37. The first-order valence-corrected chi connectivity index (χ1v) is 6.37. The smallest absolute Gasteiger partial charge is 0.215 e. The number of rotatable bonds is 6. The van der Waals surface area contributed by atoms with Crippen molar-refractivity contribution >= 4 is 17.4 Å².